The highest BCUT2D eigenvalue weighted by Crippen LogP contribution is 2.00. The first kappa shape index (κ1) is 9.52. The lowest BCUT2D eigenvalue weighted by Gasteiger charge is -2.14. The number of amidine groups is 1. The van der Waals surface area contributed by atoms with Gasteiger partial charge in [0.15, 0.2) is 0 Å². The standard InChI is InChI=1S/C9H19N3/c1-3-12(2)8-7-11-9-5-4-6-10-9/h3-8H2,1-2H3,(H,10,11). The van der Waals surface area contributed by atoms with Crippen molar-refractivity contribution in [1.29, 1.82) is 0 Å². The van der Waals surface area contributed by atoms with E-state index in [9.17, 15) is 0 Å². The van der Waals surface area contributed by atoms with Gasteiger partial charge in [0.05, 0.1) is 5.84 Å². The summed E-state index contributed by atoms with van der Waals surface area (Å²) in [4.78, 5) is 6.64. The monoisotopic (exact) mass is 169 g/mol. The van der Waals surface area contributed by atoms with Gasteiger partial charge >= 0.3 is 0 Å². The molecule has 70 valence electrons. The van der Waals surface area contributed by atoms with E-state index < -0.39 is 0 Å². The van der Waals surface area contributed by atoms with E-state index in [1.54, 1.807) is 0 Å². The van der Waals surface area contributed by atoms with Crippen LogP contribution >= 0.6 is 0 Å². The molecule has 0 saturated heterocycles. The minimum absolute atomic E-state index is 1.02. The first-order chi connectivity index (χ1) is 5.83. The van der Waals surface area contributed by atoms with Gasteiger partial charge in [-0.1, -0.05) is 6.92 Å². The Balaban J connectivity index is 2.01. The summed E-state index contributed by atoms with van der Waals surface area (Å²) in [6, 6.07) is 0. The molecule has 1 heterocycles. The summed E-state index contributed by atoms with van der Waals surface area (Å²) in [6.07, 6.45) is 2.38. The number of hydrogen-bond donors (Lipinski definition) is 1. The predicted molar refractivity (Wildman–Crippen MR) is 52.7 cm³/mol. The molecule has 0 atom stereocenters. The maximum absolute atomic E-state index is 4.35. The summed E-state index contributed by atoms with van der Waals surface area (Å²) in [5.41, 5.74) is 0. The van der Waals surface area contributed by atoms with Crippen LogP contribution in [-0.4, -0.2) is 44.0 Å². The number of hydrogen-bond acceptors (Lipinski definition) is 3. The third-order valence-corrected chi connectivity index (χ3v) is 2.24. The van der Waals surface area contributed by atoms with Crippen LogP contribution in [0, 0.1) is 0 Å². The van der Waals surface area contributed by atoms with Crippen LogP contribution in [0.4, 0.5) is 0 Å². The lowest BCUT2D eigenvalue weighted by Crippen LogP contribution is -2.32. The van der Waals surface area contributed by atoms with Crippen molar-refractivity contribution < 1.29 is 0 Å². The van der Waals surface area contributed by atoms with Crippen LogP contribution in [0.5, 0.6) is 0 Å². The summed E-state index contributed by atoms with van der Waals surface area (Å²) in [5, 5.41) is 3.36. The molecule has 0 radical (unpaired) electrons. The van der Waals surface area contributed by atoms with Crippen LogP contribution in [0.25, 0.3) is 0 Å². The van der Waals surface area contributed by atoms with E-state index in [0.717, 1.165) is 32.6 Å². The van der Waals surface area contributed by atoms with Crippen molar-refractivity contribution in [3.8, 4) is 0 Å². The Morgan fingerprint density at radius 3 is 3.00 bits per heavy atom. The summed E-state index contributed by atoms with van der Waals surface area (Å²) in [6.45, 7) is 6.45. The van der Waals surface area contributed by atoms with Crippen molar-refractivity contribution in [2.75, 3.05) is 33.2 Å². The van der Waals surface area contributed by atoms with Crippen molar-refractivity contribution >= 4 is 5.84 Å². The Morgan fingerprint density at radius 1 is 1.58 bits per heavy atom. The molecule has 0 fully saturated rings. The van der Waals surface area contributed by atoms with Gasteiger partial charge < -0.3 is 10.2 Å². The average Bonchev–Trinajstić information content (AvgIpc) is 2.57. The van der Waals surface area contributed by atoms with E-state index in [1.807, 2.05) is 0 Å². The molecule has 0 unspecified atom stereocenters. The number of nitrogens with zero attached hydrogens (tertiary/aromatic N) is 2. The molecule has 1 rings (SSSR count). The summed E-state index contributed by atoms with van der Waals surface area (Å²) in [5.74, 6) is 1.21. The Kier molecular flexibility index (Phi) is 4.08. The second kappa shape index (κ2) is 5.14. The predicted octanol–water partition coefficient (Wildman–Crippen LogP) is 0.720. The van der Waals surface area contributed by atoms with E-state index >= 15 is 0 Å². The zero-order chi connectivity index (χ0) is 8.81. The Morgan fingerprint density at radius 2 is 2.42 bits per heavy atom. The van der Waals surface area contributed by atoms with E-state index in [4.69, 9.17) is 0 Å². The van der Waals surface area contributed by atoms with Gasteiger partial charge in [-0.3, -0.25) is 4.99 Å². The third-order valence-electron chi connectivity index (χ3n) is 2.24. The normalized spacial score (nSPS) is 16.8. The largest absolute Gasteiger partial charge is 0.373 e. The topological polar surface area (TPSA) is 27.6 Å². The minimum atomic E-state index is 1.02. The van der Waals surface area contributed by atoms with Gasteiger partial charge in [-0.05, 0) is 20.0 Å². The van der Waals surface area contributed by atoms with Crippen molar-refractivity contribution in [2.24, 2.45) is 4.99 Å². The molecule has 12 heavy (non-hydrogen) atoms. The highest BCUT2D eigenvalue weighted by molar-refractivity contribution is 5.83. The Bertz CT molecular complexity index is 154. The molecular formula is C9H19N3. The fourth-order valence-corrected chi connectivity index (χ4v) is 1.23. The van der Waals surface area contributed by atoms with Crippen molar-refractivity contribution in [1.82, 2.24) is 10.2 Å². The molecule has 1 aliphatic heterocycles. The molecule has 3 heteroatoms. The number of rotatable bonds is 4. The summed E-state index contributed by atoms with van der Waals surface area (Å²) < 4.78 is 0. The Labute approximate surface area is 74.9 Å². The van der Waals surface area contributed by atoms with Gasteiger partial charge in [-0.15, -0.1) is 0 Å². The lowest BCUT2D eigenvalue weighted by atomic mass is 10.3. The summed E-state index contributed by atoms with van der Waals surface area (Å²) >= 11 is 0. The molecule has 0 aromatic carbocycles. The highest BCUT2D eigenvalue weighted by atomic mass is 15.1. The van der Waals surface area contributed by atoms with Gasteiger partial charge in [0.2, 0.25) is 0 Å². The molecular weight excluding hydrogens is 150 g/mol. The fraction of sp³-hybridized carbons (Fsp3) is 0.889. The number of aliphatic imine (C=N–C) groups is 1. The molecule has 1 N–H and O–H groups in total. The van der Waals surface area contributed by atoms with Crippen molar-refractivity contribution in [3.63, 3.8) is 0 Å². The van der Waals surface area contributed by atoms with Gasteiger partial charge in [-0.25, -0.2) is 0 Å². The zero-order valence-corrected chi connectivity index (χ0v) is 8.14. The Hall–Kier alpha value is -0.570. The first-order valence-corrected chi connectivity index (χ1v) is 4.78. The van der Waals surface area contributed by atoms with Crippen LogP contribution in [0.1, 0.15) is 19.8 Å². The molecule has 3 nitrogen and oxygen atoms in total. The van der Waals surface area contributed by atoms with Gasteiger partial charge in [0.25, 0.3) is 0 Å². The second-order valence-corrected chi connectivity index (χ2v) is 3.25. The van der Waals surface area contributed by atoms with Crippen LogP contribution in [0.3, 0.4) is 0 Å². The minimum Gasteiger partial charge on any atom is -0.373 e. The maximum Gasteiger partial charge on any atom is 0.0964 e. The second-order valence-electron chi connectivity index (χ2n) is 3.25. The highest BCUT2D eigenvalue weighted by Gasteiger charge is 2.04. The number of likely N-dealkylation sites (N-methyl/N-ethyl adjacent to an activating group) is 1. The van der Waals surface area contributed by atoms with Crippen LogP contribution in [-0.2, 0) is 0 Å². The smallest absolute Gasteiger partial charge is 0.0964 e. The van der Waals surface area contributed by atoms with Gasteiger partial charge in [0.1, 0.15) is 0 Å². The third kappa shape index (κ3) is 3.22. The molecule has 0 bridgehead atoms. The molecule has 0 saturated carbocycles. The molecule has 0 amide bonds. The van der Waals surface area contributed by atoms with Crippen LogP contribution < -0.4 is 5.32 Å². The fourth-order valence-electron chi connectivity index (χ4n) is 1.23. The van der Waals surface area contributed by atoms with Gasteiger partial charge in [-0.2, -0.15) is 0 Å². The van der Waals surface area contributed by atoms with Crippen LogP contribution in [0.2, 0.25) is 0 Å². The molecule has 0 aliphatic carbocycles. The maximum atomic E-state index is 4.35. The lowest BCUT2D eigenvalue weighted by molar-refractivity contribution is 0.357. The molecule has 0 spiro atoms. The number of nitrogens with one attached hydrogen (secondary N) is 1. The molecule has 0 aromatic heterocycles. The van der Waals surface area contributed by atoms with E-state index in [2.05, 4.69) is 29.2 Å². The molecule has 0 aromatic rings. The van der Waals surface area contributed by atoms with E-state index in [0.29, 0.717) is 0 Å². The van der Waals surface area contributed by atoms with Crippen LogP contribution in [0.15, 0.2) is 4.99 Å². The summed E-state index contributed by atoms with van der Waals surface area (Å²) in [7, 11) is 2.14. The first-order valence-electron chi connectivity index (χ1n) is 4.78. The van der Waals surface area contributed by atoms with Crippen molar-refractivity contribution in [2.45, 2.75) is 19.8 Å². The SMILES string of the molecule is CCN(C)CCNC1=NCCC1. The van der Waals surface area contributed by atoms with E-state index in [-0.39, 0.29) is 0 Å². The van der Waals surface area contributed by atoms with Crippen molar-refractivity contribution in [3.05, 3.63) is 0 Å². The zero-order valence-electron chi connectivity index (χ0n) is 8.14. The van der Waals surface area contributed by atoms with Gasteiger partial charge in [0, 0.05) is 26.1 Å². The average molecular weight is 169 g/mol. The molecule has 1 aliphatic rings. The quantitative estimate of drug-likeness (QED) is 0.671. The van der Waals surface area contributed by atoms with E-state index in [1.165, 1.54) is 12.3 Å².